The van der Waals surface area contributed by atoms with E-state index in [9.17, 15) is 4.79 Å². The third-order valence-corrected chi connectivity index (χ3v) is 4.87. The first-order valence-corrected chi connectivity index (χ1v) is 7.00. The van der Waals surface area contributed by atoms with Crippen LogP contribution in [-0.2, 0) is 13.5 Å². The maximum atomic E-state index is 12.1. The van der Waals surface area contributed by atoms with E-state index in [-0.39, 0.29) is 5.78 Å². The Kier molecular flexibility index (Phi) is 3.70. The molecule has 3 nitrogen and oxygen atoms in total. The maximum Gasteiger partial charge on any atom is 0.180 e. The molecule has 0 saturated heterocycles. The summed E-state index contributed by atoms with van der Waals surface area (Å²) in [5.41, 5.74) is 1.75. The Labute approximate surface area is 117 Å². The van der Waals surface area contributed by atoms with Gasteiger partial charge in [0.25, 0.3) is 0 Å². The number of aryl methyl sites for hydroxylation is 2. The zero-order valence-electron chi connectivity index (χ0n) is 9.33. The molecule has 0 unspecified atom stereocenters. The summed E-state index contributed by atoms with van der Waals surface area (Å²) < 4.78 is 2.61. The molecule has 0 amide bonds. The van der Waals surface area contributed by atoms with Crippen LogP contribution in [0.5, 0.6) is 0 Å². The van der Waals surface area contributed by atoms with Gasteiger partial charge in [-0.1, -0.05) is 11.6 Å². The largest absolute Gasteiger partial charge is 0.293 e. The van der Waals surface area contributed by atoms with Crippen molar-refractivity contribution in [1.29, 1.82) is 0 Å². The van der Waals surface area contributed by atoms with Crippen LogP contribution in [0.3, 0.4) is 0 Å². The summed E-state index contributed by atoms with van der Waals surface area (Å²) in [6.07, 6.45) is 0.304. The zero-order chi connectivity index (χ0) is 12.6. The Balaban J connectivity index is 2.28. The number of hydrogen-bond acceptors (Lipinski definition) is 3. The van der Waals surface area contributed by atoms with Crippen LogP contribution in [0.4, 0.5) is 0 Å². The Bertz CT molecular complexity index is 576. The number of ketones is 1. The van der Waals surface area contributed by atoms with Gasteiger partial charge in [-0.15, -0.1) is 11.3 Å². The summed E-state index contributed by atoms with van der Waals surface area (Å²) in [6.45, 7) is 1.90. The Hall–Kier alpha value is -0.650. The number of thiophene rings is 1. The van der Waals surface area contributed by atoms with Gasteiger partial charge in [0.05, 0.1) is 32.2 Å². The lowest BCUT2D eigenvalue weighted by atomic mass is 10.2. The molecule has 0 atom stereocenters. The van der Waals surface area contributed by atoms with Crippen LogP contribution in [0.2, 0.25) is 5.02 Å². The molecule has 2 rings (SSSR count). The second kappa shape index (κ2) is 4.92. The fraction of sp³-hybridized carbons (Fsp3) is 0.273. The van der Waals surface area contributed by atoms with Gasteiger partial charge >= 0.3 is 0 Å². The molecule has 2 aromatic heterocycles. The molecule has 2 heterocycles. The third kappa shape index (κ3) is 2.46. The third-order valence-electron chi connectivity index (χ3n) is 2.46. The summed E-state index contributed by atoms with van der Waals surface area (Å²) in [6, 6.07) is 1.74. The predicted molar refractivity (Wildman–Crippen MR) is 73.0 cm³/mol. The molecule has 6 heteroatoms. The Morgan fingerprint density at radius 3 is 2.82 bits per heavy atom. The van der Waals surface area contributed by atoms with Gasteiger partial charge in [0.2, 0.25) is 0 Å². The van der Waals surface area contributed by atoms with Crippen molar-refractivity contribution in [1.82, 2.24) is 9.78 Å². The average molecular weight is 334 g/mol. The van der Waals surface area contributed by atoms with Crippen LogP contribution in [0.1, 0.15) is 21.1 Å². The molecule has 17 heavy (non-hydrogen) atoms. The molecule has 0 aromatic carbocycles. The maximum absolute atomic E-state index is 12.1. The van der Waals surface area contributed by atoms with Gasteiger partial charge < -0.3 is 0 Å². The second-order valence-electron chi connectivity index (χ2n) is 3.67. The SMILES string of the molecule is Cc1nn(C)c(CC(=O)c2sccc2Cl)c1Br. The lowest BCUT2D eigenvalue weighted by Gasteiger charge is -2.01. The standard InChI is InChI=1S/C11H10BrClN2OS/c1-6-10(12)8(15(2)14-6)5-9(16)11-7(13)3-4-17-11/h3-4H,5H2,1-2H3. The highest BCUT2D eigenvalue weighted by molar-refractivity contribution is 9.10. The van der Waals surface area contributed by atoms with Crippen molar-refractivity contribution in [3.63, 3.8) is 0 Å². The average Bonchev–Trinajstić information content (AvgIpc) is 2.78. The first-order valence-electron chi connectivity index (χ1n) is 4.95. The van der Waals surface area contributed by atoms with Crippen molar-refractivity contribution in [3.05, 3.63) is 37.2 Å². The Morgan fingerprint density at radius 2 is 2.35 bits per heavy atom. The molecule has 0 spiro atoms. The number of carbonyl (C=O) groups excluding carboxylic acids is 1. The van der Waals surface area contributed by atoms with E-state index in [1.807, 2.05) is 19.4 Å². The lowest BCUT2D eigenvalue weighted by Crippen LogP contribution is -2.07. The first kappa shape index (κ1) is 12.8. The van der Waals surface area contributed by atoms with Gasteiger partial charge in [0.1, 0.15) is 0 Å². The summed E-state index contributed by atoms with van der Waals surface area (Å²) in [4.78, 5) is 12.7. The highest BCUT2D eigenvalue weighted by atomic mass is 79.9. The minimum Gasteiger partial charge on any atom is -0.293 e. The van der Waals surface area contributed by atoms with Gasteiger partial charge in [-0.3, -0.25) is 9.48 Å². The normalized spacial score (nSPS) is 10.8. The molecule has 0 aliphatic carbocycles. The molecular weight excluding hydrogens is 324 g/mol. The molecule has 2 aromatic rings. The van der Waals surface area contributed by atoms with Gasteiger partial charge in [-0.25, -0.2) is 0 Å². The van der Waals surface area contributed by atoms with E-state index in [0.717, 1.165) is 15.9 Å². The molecule has 0 aliphatic heterocycles. The predicted octanol–water partition coefficient (Wildman–Crippen LogP) is 3.63. The van der Waals surface area contributed by atoms with E-state index in [1.54, 1.807) is 10.7 Å². The number of Topliss-reactive ketones (excluding diaryl/α,β-unsaturated/α-hetero) is 1. The zero-order valence-corrected chi connectivity index (χ0v) is 12.5. The monoisotopic (exact) mass is 332 g/mol. The van der Waals surface area contributed by atoms with Crippen LogP contribution in [0.25, 0.3) is 0 Å². The summed E-state index contributed by atoms with van der Waals surface area (Å²) in [5.74, 6) is 0.0219. The van der Waals surface area contributed by atoms with Crippen molar-refractivity contribution >= 4 is 44.7 Å². The van der Waals surface area contributed by atoms with Crippen LogP contribution in [-0.4, -0.2) is 15.6 Å². The first-order chi connectivity index (χ1) is 8.00. The van der Waals surface area contributed by atoms with Crippen LogP contribution >= 0.6 is 38.9 Å². The molecule has 0 fully saturated rings. The molecular formula is C11H10BrClN2OS. The van der Waals surface area contributed by atoms with E-state index in [0.29, 0.717) is 16.3 Å². The Morgan fingerprint density at radius 1 is 1.65 bits per heavy atom. The van der Waals surface area contributed by atoms with E-state index in [1.165, 1.54) is 11.3 Å². The van der Waals surface area contributed by atoms with Crippen molar-refractivity contribution in [2.24, 2.45) is 7.05 Å². The highest BCUT2D eigenvalue weighted by Gasteiger charge is 2.18. The molecule has 0 bridgehead atoms. The topological polar surface area (TPSA) is 34.9 Å². The van der Waals surface area contributed by atoms with Crippen LogP contribution in [0.15, 0.2) is 15.9 Å². The van der Waals surface area contributed by atoms with Crippen LogP contribution in [0, 0.1) is 6.92 Å². The quantitative estimate of drug-likeness (QED) is 0.804. The number of halogens is 2. The van der Waals surface area contributed by atoms with Crippen molar-refractivity contribution in [3.8, 4) is 0 Å². The smallest absolute Gasteiger partial charge is 0.180 e. The molecule has 0 radical (unpaired) electrons. The van der Waals surface area contributed by atoms with Gasteiger partial charge in [-0.2, -0.15) is 5.10 Å². The number of hydrogen-bond donors (Lipinski definition) is 0. The number of rotatable bonds is 3. The molecule has 90 valence electrons. The van der Waals surface area contributed by atoms with E-state index in [4.69, 9.17) is 11.6 Å². The summed E-state index contributed by atoms with van der Waals surface area (Å²) in [5, 5.41) is 6.60. The highest BCUT2D eigenvalue weighted by Crippen LogP contribution is 2.26. The fourth-order valence-electron chi connectivity index (χ4n) is 1.60. The second-order valence-corrected chi connectivity index (χ2v) is 5.78. The molecule has 0 aliphatic rings. The van der Waals surface area contributed by atoms with Gasteiger partial charge in [0, 0.05) is 7.05 Å². The van der Waals surface area contributed by atoms with Crippen molar-refractivity contribution in [2.45, 2.75) is 13.3 Å². The van der Waals surface area contributed by atoms with Crippen LogP contribution < -0.4 is 0 Å². The van der Waals surface area contributed by atoms with E-state index < -0.39 is 0 Å². The minimum atomic E-state index is 0.0219. The number of nitrogens with zero attached hydrogens (tertiary/aromatic N) is 2. The fourth-order valence-corrected chi connectivity index (χ4v) is 3.17. The van der Waals surface area contributed by atoms with Gasteiger partial charge in [-0.05, 0) is 34.3 Å². The van der Waals surface area contributed by atoms with E-state index in [2.05, 4.69) is 21.0 Å². The molecule has 0 saturated carbocycles. The van der Waals surface area contributed by atoms with Crippen molar-refractivity contribution < 1.29 is 4.79 Å². The minimum absolute atomic E-state index is 0.0219. The summed E-state index contributed by atoms with van der Waals surface area (Å²) in [7, 11) is 1.83. The van der Waals surface area contributed by atoms with E-state index >= 15 is 0 Å². The number of aromatic nitrogens is 2. The lowest BCUT2D eigenvalue weighted by molar-refractivity contribution is 0.0994. The van der Waals surface area contributed by atoms with Crippen molar-refractivity contribution in [2.75, 3.05) is 0 Å². The molecule has 0 N–H and O–H groups in total. The van der Waals surface area contributed by atoms with Gasteiger partial charge in [0.15, 0.2) is 5.78 Å². The number of carbonyl (C=O) groups is 1. The summed E-state index contributed by atoms with van der Waals surface area (Å²) >= 11 is 10.8.